The Bertz CT molecular complexity index is 459. The standard InChI is InChI=1S/C11H18N2O3S.ClH/c1-9(12)10-5-2-3-7-13(10)17(14,15)11-6-4-8-16-11;/h4,6,8-10H,2-3,5,7,12H2,1H3;1H. The van der Waals surface area contributed by atoms with Crippen LogP contribution in [-0.4, -0.2) is 31.4 Å². The van der Waals surface area contributed by atoms with Crippen molar-refractivity contribution < 1.29 is 12.8 Å². The maximum absolute atomic E-state index is 12.3. The fourth-order valence-corrected chi connectivity index (χ4v) is 3.96. The van der Waals surface area contributed by atoms with Gasteiger partial charge in [0.2, 0.25) is 5.09 Å². The molecular weight excluding hydrogens is 276 g/mol. The fraction of sp³-hybridized carbons (Fsp3) is 0.636. The van der Waals surface area contributed by atoms with Crippen LogP contribution in [0.25, 0.3) is 0 Å². The van der Waals surface area contributed by atoms with Gasteiger partial charge in [-0.3, -0.25) is 0 Å². The monoisotopic (exact) mass is 294 g/mol. The van der Waals surface area contributed by atoms with Gasteiger partial charge in [-0.1, -0.05) is 6.42 Å². The van der Waals surface area contributed by atoms with Crippen molar-refractivity contribution in [2.24, 2.45) is 5.73 Å². The Morgan fingerprint density at radius 2 is 2.22 bits per heavy atom. The zero-order valence-corrected chi connectivity index (χ0v) is 11.9. The van der Waals surface area contributed by atoms with E-state index in [4.69, 9.17) is 10.2 Å². The first-order chi connectivity index (χ1) is 8.03. The lowest BCUT2D eigenvalue weighted by atomic mass is 10.00. The number of halogens is 1. The zero-order valence-electron chi connectivity index (χ0n) is 10.3. The van der Waals surface area contributed by atoms with Crippen molar-refractivity contribution in [1.82, 2.24) is 4.31 Å². The first kappa shape index (κ1) is 15.5. The van der Waals surface area contributed by atoms with Crippen LogP contribution in [0.15, 0.2) is 27.9 Å². The van der Waals surface area contributed by atoms with Crippen molar-refractivity contribution >= 4 is 22.4 Å². The highest BCUT2D eigenvalue weighted by Gasteiger charge is 2.36. The lowest BCUT2D eigenvalue weighted by Gasteiger charge is -2.36. The van der Waals surface area contributed by atoms with Gasteiger partial charge in [0.25, 0.3) is 10.0 Å². The van der Waals surface area contributed by atoms with E-state index in [0.717, 1.165) is 19.3 Å². The van der Waals surface area contributed by atoms with E-state index >= 15 is 0 Å². The first-order valence-corrected chi connectivity index (χ1v) is 7.28. The molecule has 2 unspecified atom stereocenters. The third kappa shape index (κ3) is 2.88. The SMILES string of the molecule is CC(N)C1CCCCN1S(=O)(=O)c1ccco1.Cl. The molecule has 0 aliphatic carbocycles. The normalized spacial score (nSPS) is 23.3. The van der Waals surface area contributed by atoms with Crippen LogP contribution in [0, 0.1) is 0 Å². The summed E-state index contributed by atoms with van der Waals surface area (Å²) in [4.78, 5) is 0. The number of sulfonamides is 1. The Balaban J connectivity index is 0.00000162. The van der Waals surface area contributed by atoms with Crippen molar-refractivity contribution in [3.63, 3.8) is 0 Å². The summed E-state index contributed by atoms with van der Waals surface area (Å²) in [7, 11) is -3.53. The van der Waals surface area contributed by atoms with Crippen LogP contribution in [0.4, 0.5) is 0 Å². The molecule has 2 rings (SSSR count). The van der Waals surface area contributed by atoms with Gasteiger partial charge >= 0.3 is 0 Å². The summed E-state index contributed by atoms with van der Waals surface area (Å²) in [5.41, 5.74) is 5.87. The average Bonchev–Trinajstić information content (AvgIpc) is 2.83. The van der Waals surface area contributed by atoms with E-state index in [9.17, 15) is 8.42 Å². The van der Waals surface area contributed by atoms with Crippen molar-refractivity contribution in [2.75, 3.05) is 6.54 Å². The maximum Gasteiger partial charge on any atom is 0.276 e. The van der Waals surface area contributed by atoms with E-state index in [2.05, 4.69) is 0 Å². The largest absolute Gasteiger partial charge is 0.452 e. The van der Waals surface area contributed by atoms with Gasteiger partial charge in [0, 0.05) is 18.6 Å². The van der Waals surface area contributed by atoms with Crippen molar-refractivity contribution in [2.45, 2.75) is 43.4 Å². The van der Waals surface area contributed by atoms with Crippen LogP contribution < -0.4 is 5.73 Å². The topological polar surface area (TPSA) is 76.5 Å². The van der Waals surface area contributed by atoms with E-state index in [-0.39, 0.29) is 29.6 Å². The molecule has 2 atom stereocenters. The zero-order chi connectivity index (χ0) is 12.5. The lowest BCUT2D eigenvalue weighted by molar-refractivity contribution is 0.222. The molecule has 1 aliphatic rings. The molecule has 0 saturated carbocycles. The van der Waals surface area contributed by atoms with Gasteiger partial charge in [0.05, 0.1) is 6.26 Å². The fourth-order valence-electron chi connectivity index (χ4n) is 2.28. The van der Waals surface area contributed by atoms with Crippen molar-refractivity contribution in [1.29, 1.82) is 0 Å². The molecule has 7 heteroatoms. The number of hydrogen-bond donors (Lipinski definition) is 1. The molecule has 2 heterocycles. The third-order valence-electron chi connectivity index (χ3n) is 3.16. The number of hydrogen-bond acceptors (Lipinski definition) is 4. The van der Waals surface area contributed by atoms with Crippen molar-refractivity contribution in [3.8, 4) is 0 Å². The van der Waals surface area contributed by atoms with Gasteiger partial charge < -0.3 is 10.2 Å². The van der Waals surface area contributed by atoms with Crippen LogP contribution in [0.1, 0.15) is 26.2 Å². The second-order valence-corrected chi connectivity index (χ2v) is 6.29. The predicted molar refractivity (Wildman–Crippen MR) is 71.1 cm³/mol. The molecular formula is C11H19ClN2O3S. The van der Waals surface area contributed by atoms with Gasteiger partial charge in [-0.15, -0.1) is 12.4 Å². The second-order valence-electron chi connectivity index (χ2n) is 4.47. The molecule has 5 nitrogen and oxygen atoms in total. The highest BCUT2D eigenvalue weighted by Crippen LogP contribution is 2.26. The summed E-state index contributed by atoms with van der Waals surface area (Å²) < 4.78 is 31.2. The van der Waals surface area contributed by atoms with Crippen LogP contribution >= 0.6 is 12.4 Å². The average molecular weight is 295 g/mol. The Kier molecular flexibility index (Phi) is 5.21. The number of nitrogens with zero attached hydrogens (tertiary/aromatic N) is 1. The van der Waals surface area contributed by atoms with Crippen LogP contribution in [0.2, 0.25) is 0 Å². The second kappa shape index (κ2) is 6.06. The predicted octanol–water partition coefficient (Wildman–Crippen LogP) is 1.59. The Morgan fingerprint density at radius 1 is 1.50 bits per heavy atom. The smallest absolute Gasteiger partial charge is 0.276 e. The Morgan fingerprint density at radius 3 is 2.78 bits per heavy atom. The van der Waals surface area contributed by atoms with Crippen molar-refractivity contribution in [3.05, 3.63) is 18.4 Å². The molecule has 1 aliphatic heterocycles. The molecule has 104 valence electrons. The van der Waals surface area contributed by atoms with Crippen LogP contribution in [0.5, 0.6) is 0 Å². The Labute approximate surface area is 114 Å². The number of piperidine rings is 1. The van der Waals surface area contributed by atoms with E-state index in [1.165, 1.54) is 16.6 Å². The number of rotatable bonds is 3. The van der Waals surface area contributed by atoms with Gasteiger partial charge in [0.1, 0.15) is 0 Å². The number of furan rings is 1. The van der Waals surface area contributed by atoms with Gasteiger partial charge in [-0.25, -0.2) is 8.42 Å². The molecule has 18 heavy (non-hydrogen) atoms. The molecule has 2 N–H and O–H groups in total. The van der Waals surface area contributed by atoms with Crippen LogP contribution in [-0.2, 0) is 10.0 Å². The summed E-state index contributed by atoms with van der Waals surface area (Å²) in [6.07, 6.45) is 4.09. The molecule has 0 aromatic carbocycles. The highest BCUT2D eigenvalue weighted by atomic mass is 35.5. The molecule has 0 amide bonds. The van der Waals surface area contributed by atoms with E-state index in [1.807, 2.05) is 6.92 Å². The minimum absolute atomic E-state index is 0. The van der Waals surface area contributed by atoms with Gasteiger partial charge in [0.15, 0.2) is 0 Å². The molecule has 1 fully saturated rings. The molecule has 0 spiro atoms. The summed E-state index contributed by atoms with van der Waals surface area (Å²) in [6, 6.07) is 2.76. The van der Waals surface area contributed by atoms with E-state index in [0.29, 0.717) is 6.54 Å². The minimum Gasteiger partial charge on any atom is -0.452 e. The highest BCUT2D eigenvalue weighted by molar-refractivity contribution is 7.89. The van der Waals surface area contributed by atoms with Gasteiger partial charge in [-0.2, -0.15) is 4.31 Å². The van der Waals surface area contributed by atoms with Crippen LogP contribution in [0.3, 0.4) is 0 Å². The van der Waals surface area contributed by atoms with Gasteiger partial charge in [-0.05, 0) is 31.9 Å². The molecule has 0 bridgehead atoms. The van der Waals surface area contributed by atoms with E-state index < -0.39 is 10.0 Å². The molecule has 1 saturated heterocycles. The van der Waals surface area contributed by atoms with E-state index in [1.54, 1.807) is 6.07 Å². The Hall–Kier alpha value is -0.560. The summed E-state index contributed by atoms with van der Waals surface area (Å²) in [5, 5.41) is 0.00468. The lowest BCUT2D eigenvalue weighted by Crippen LogP contribution is -2.51. The quantitative estimate of drug-likeness (QED) is 0.918. The first-order valence-electron chi connectivity index (χ1n) is 5.84. The third-order valence-corrected chi connectivity index (χ3v) is 4.97. The summed E-state index contributed by atoms with van der Waals surface area (Å²) in [5.74, 6) is 0. The molecule has 0 radical (unpaired) electrons. The summed E-state index contributed by atoms with van der Waals surface area (Å²) >= 11 is 0. The maximum atomic E-state index is 12.3. The number of nitrogens with two attached hydrogens (primary N) is 1. The summed E-state index contributed by atoms with van der Waals surface area (Å²) in [6.45, 7) is 2.37. The molecule has 1 aromatic rings. The molecule has 1 aromatic heterocycles. The minimum atomic E-state index is -3.53.